The smallest absolute Gasteiger partial charge is 0.256 e. The summed E-state index contributed by atoms with van der Waals surface area (Å²) in [6.07, 6.45) is 0. The molecule has 0 unspecified atom stereocenters. The van der Waals surface area contributed by atoms with Gasteiger partial charge in [0.25, 0.3) is 5.91 Å². The monoisotopic (exact) mass is 455 g/mol. The fourth-order valence-electron chi connectivity index (χ4n) is 3.72. The predicted octanol–water partition coefficient (Wildman–Crippen LogP) is 5.44. The van der Waals surface area contributed by atoms with Crippen LogP contribution in [0.5, 0.6) is 11.5 Å². The quantitative estimate of drug-likeness (QED) is 0.404. The molecule has 172 valence electrons. The molecule has 0 aliphatic carbocycles. The third kappa shape index (κ3) is 4.83. The van der Waals surface area contributed by atoms with Crippen LogP contribution < -0.4 is 20.1 Å². The number of carbonyl (C=O) groups is 2. The predicted molar refractivity (Wildman–Crippen MR) is 134 cm³/mol. The number of carbonyl (C=O) groups excluding carboxylic acids is 2. The molecule has 1 aromatic heterocycles. The molecule has 0 spiro atoms. The van der Waals surface area contributed by atoms with E-state index in [9.17, 15) is 9.59 Å². The third-order valence-corrected chi connectivity index (χ3v) is 5.35. The van der Waals surface area contributed by atoms with Crippen LogP contribution in [-0.2, 0) is 4.79 Å². The molecule has 2 amide bonds. The van der Waals surface area contributed by atoms with Crippen LogP contribution in [0.3, 0.4) is 0 Å². The highest BCUT2D eigenvalue weighted by molar-refractivity contribution is 6.13. The molecular weight excluding hydrogens is 430 g/mol. The molecule has 1 heterocycles. The lowest BCUT2D eigenvalue weighted by Crippen LogP contribution is -2.13. The second kappa shape index (κ2) is 9.62. The van der Waals surface area contributed by atoms with Crippen LogP contribution in [0.4, 0.5) is 11.4 Å². The van der Waals surface area contributed by atoms with Crippen molar-refractivity contribution >= 4 is 34.1 Å². The van der Waals surface area contributed by atoms with Crippen molar-refractivity contribution in [3.8, 4) is 22.8 Å². The van der Waals surface area contributed by atoms with Gasteiger partial charge >= 0.3 is 0 Å². The second-order valence-electron chi connectivity index (χ2n) is 7.86. The SMILES string of the molecule is COc1ccc(NC(=O)c2cc(-c3ccc(NC(C)=O)cc3)nc3ccc(C)cc23)cc1OC. The van der Waals surface area contributed by atoms with Gasteiger partial charge in [-0.25, -0.2) is 4.98 Å². The minimum atomic E-state index is -0.263. The van der Waals surface area contributed by atoms with Crippen molar-refractivity contribution in [1.82, 2.24) is 4.98 Å². The van der Waals surface area contributed by atoms with Gasteiger partial charge in [0.2, 0.25) is 5.91 Å². The van der Waals surface area contributed by atoms with E-state index in [-0.39, 0.29) is 11.8 Å². The first kappa shape index (κ1) is 22.8. The van der Waals surface area contributed by atoms with Gasteiger partial charge in [0.1, 0.15) is 0 Å². The van der Waals surface area contributed by atoms with Crippen molar-refractivity contribution in [2.45, 2.75) is 13.8 Å². The molecule has 0 aliphatic rings. The maximum absolute atomic E-state index is 13.4. The first-order chi connectivity index (χ1) is 16.4. The van der Waals surface area contributed by atoms with Gasteiger partial charge < -0.3 is 20.1 Å². The van der Waals surface area contributed by atoms with Crippen molar-refractivity contribution < 1.29 is 19.1 Å². The van der Waals surface area contributed by atoms with E-state index in [0.29, 0.717) is 39.6 Å². The second-order valence-corrected chi connectivity index (χ2v) is 7.86. The van der Waals surface area contributed by atoms with Gasteiger partial charge in [-0.3, -0.25) is 9.59 Å². The Morgan fingerprint density at radius 2 is 1.50 bits per heavy atom. The molecule has 0 atom stereocenters. The molecule has 0 fully saturated rings. The van der Waals surface area contributed by atoms with Crippen LogP contribution in [-0.4, -0.2) is 31.0 Å². The Labute approximate surface area is 197 Å². The number of amides is 2. The van der Waals surface area contributed by atoms with Crippen LogP contribution in [0.15, 0.2) is 66.7 Å². The number of fused-ring (bicyclic) bond motifs is 1. The van der Waals surface area contributed by atoms with Crippen LogP contribution in [0.25, 0.3) is 22.2 Å². The number of methoxy groups -OCH3 is 2. The van der Waals surface area contributed by atoms with E-state index in [1.54, 1.807) is 50.6 Å². The zero-order chi connectivity index (χ0) is 24.2. The standard InChI is InChI=1S/C27H25N3O4/c1-16-5-11-23-21(13-16)22(27(32)29-20-10-12-25(33-3)26(14-20)34-4)15-24(30-23)18-6-8-19(9-7-18)28-17(2)31/h5-15H,1-4H3,(H,28,31)(H,29,32). The fraction of sp³-hybridized carbons (Fsp3) is 0.148. The number of pyridine rings is 1. The number of benzene rings is 3. The minimum absolute atomic E-state index is 0.138. The van der Waals surface area contributed by atoms with Crippen molar-refractivity contribution in [2.24, 2.45) is 0 Å². The van der Waals surface area contributed by atoms with E-state index in [1.165, 1.54) is 6.92 Å². The number of hydrogen-bond acceptors (Lipinski definition) is 5. The Bertz CT molecular complexity index is 1380. The molecule has 0 saturated carbocycles. The van der Waals surface area contributed by atoms with Crippen molar-refractivity contribution in [3.63, 3.8) is 0 Å². The number of nitrogens with one attached hydrogen (secondary N) is 2. The molecule has 34 heavy (non-hydrogen) atoms. The summed E-state index contributed by atoms with van der Waals surface area (Å²) in [6, 6.07) is 20.2. The van der Waals surface area contributed by atoms with E-state index in [2.05, 4.69) is 10.6 Å². The highest BCUT2D eigenvalue weighted by Crippen LogP contribution is 2.31. The van der Waals surface area contributed by atoms with Gasteiger partial charge in [0.05, 0.1) is 31.0 Å². The van der Waals surface area contributed by atoms with Gasteiger partial charge in [0.15, 0.2) is 11.5 Å². The average Bonchev–Trinajstić information content (AvgIpc) is 2.83. The summed E-state index contributed by atoms with van der Waals surface area (Å²) in [5.74, 6) is 0.702. The lowest BCUT2D eigenvalue weighted by Gasteiger charge is -2.13. The Hall–Kier alpha value is -4.39. The summed E-state index contributed by atoms with van der Waals surface area (Å²) in [5.41, 5.74) is 5.01. The number of anilines is 2. The number of ether oxygens (including phenoxy) is 2. The third-order valence-electron chi connectivity index (χ3n) is 5.35. The van der Waals surface area contributed by atoms with E-state index in [0.717, 1.165) is 16.5 Å². The summed E-state index contributed by atoms with van der Waals surface area (Å²) in [5, 5.41) is 6.47. The summed E-state index contributed by atoms with van der Waals surface area (Å²) < 4.78 is 10.6. The number of rotatable bonds is 6. The van der Waals surface area contributed by atoms with E-state index >= 15 is 0 Å². The summed E-state index contributed by atoms with van der Waals surface area (Å²) in [4.78, 5) is 29.5. The van der Waals surface area contributed by atoms with Crippen LogP contribution >= 0.6 is 0 Å². The first-order valence-corrected chi connectivity index (χ1v) is 10.7. The van der Waals surface area contributed by atoms with E-state index in [1.807, 2.05) is 37.3 Å². The fourth-order valence-corrected chi connectivity index (χ4v) is 3.72. The zero-order valence-electron chi connectivity index (χ0n) is 19.4. The molecule has 7 heteroatoms. The topological polar surface area (TPSA) is 89.6 Å². The molecule has 3 aromatic carbocycles. The van der Waals surface area contributed by atoms with Crippen molar-refractivity contribution in [1.29, 1.82) is 0 Å². The summed E-state index contributed by atoms with van der Waals surface area (Å²) in [7, 11) is 3.11. The Kier molecular flexibility index (Phi) is 6.45. The normalized spacial score (nSPS) is 10.6. The minimum Gasteiger partial charge on any atom is -0.493 e. The van der Waals surface area contributed by atoms with Crippen molar-refractivity contribution in [3.05, 3.63) is 77.9 Å². The molecule has 7 nitrogen and oxygen atoms in total. The average molecular weight is 456 g/mol. The van der Waals surface area contributed by atoms with Gasteiger partial charge in [0, 0.05) is 35.3 Å². The molecule has 0 radical (unpaired) electrons. The van der Waals surface area contributed by atoms with Crippen LogP contribution in [0.1, 0.15) is 22.8 Å². The lowest BCUT2D eigenvalue weighted by molar-refractivity contribution is -0.114. The molecule has 4 aromatic rings. The highest BCUT2D eigenvalue weighted by atomic mass is 16.5. The molecule has 0 saturated heterocycles. The Morgan fingerprint density at radius 1 is 0.794 bits per heavy atom. The van der Waals surface area contributed by atoms with E-state index < -0.39 is 0 Å². The number of aromatic nitrogens is 1. The molecule has 0 bridgehead atoms. The highest BCUT2D eigenvalue weighted by Gasteiger charge is 2.16. The molecule has 0 aliphatic heterocycles. The zero-order valence-corrected chi connectivity index (χ0v) is 19.4. The maximum Gasteiger partial charge on any atom is 0.256 e. The van der Waals surface area contributed by atoms with Crippen LogP contribution in [0, 0.1) is 6.92 Å². The largest absolute Gasteiger partial charge is 0.493 e. The van der Waals surface area contributed by atoms with E-state index in [4.69, 9.17) is 14.5 Å². The Morgan fingerprint density at radius 3 is 2.18 bits per heavy atom. The Balaban J connectivity index is 1.74. The summed E-state index contributed by atoms with van der Waals surface area (Å²) >= 11 is 0. The first-order valence-electron chi connectivity index (χ1n) is 10.7. The molecular formula is C27H25N3O4. The number of hydrogen-bond donors (Lipinski definition) is 2. The summed E-state index contributed by atoms with van der Waals surface area (Å²) in [6.45, 7) is 3.44. The maximum atomic E-state index is 13.4. The molecule has 2 N–H and O–H groups in total. The van der Waals surface area contributed by atoms with Gasteiger partial charge in [-0.05, 0) is 49.4 Å². The van der Waals surface area contributed by atoms with Crippen molar-refractivity contribution in [2.75, 3.05) is 24.9 Å². The van der Waals surface area contributed by atoms with Gasteiger partial charge in [-0.2, -0.15) is 0 Å². The lowest BCUT2D eigenvalue weighted by atomic mass is 10.0. The number of nitrogens with zero attached hydrogens (tertiary/aromatic N) is 1. The van der Waals surface area contributed by atoms with Gasteiger partial charge in [-0.15, -0.1) is 0 Å². The molecule has 4 rings (SSSR count). The van der Waals surface area contributed by atoms with Gasteiger partial charge in [-0.1, -0.05) is 23.8 Å². The number of aryl methyl sites for hydroxylation is 1. The van der Waals surface area contributed by atoms with Crippen LogP contribution in [0.2, 0.25) is 0 Å².